The summed E-state index contributed by atoms with van der Waals surface area (Å²) in [6.07, 6.45) is 4.24. The Hall–Kier alpha value is -1.94. The number of hydrogen-bond acceptors (Lipinski definition) is 3. The van der Waals surface area contributed by atoms with Crippen molar-refractivity contribution in [1.29, 1.82) is 0 Å². The van der Waals surface area contributed by atoms with Gasteiger partial charge in [0, 0.05) is 30.9 Å². The normalized spacial score (nSPS) is 10.5. The number of halogens is 1. The zero-order chi connectivity index (χ0) is 14.2. The van der Waals surface area contributed by atoms with Gasteiger partial charge in [0.2, 0.25) is 0 Å². The minimum Gasteiger partial charge on any atom is -0.490 e. The highest BCUT2D eigenvalue weighted by atomic mass is 19.1. The molecule has 2 aromatic rings. The number of hydrogen-bond donors (Lipinski definition) is 1. The molecule has 0 fully saturated rings. The van der Waals surface area contributed by atoms with Crippen LogP contribution in [0.25, 0.3) is 0 Å². The summed E-state index contributed by atoms with van der Waals surface area (Å²) < 4.78 is 19.5. The second kappa shape index (κ2) is 7.60. The van der Waals surface area contributed by atoms with Crippen molar-refractivity contribution in [2.75, 3.05) is 13.2 Å². The number of aromatic nitrogens is 1. The summed E-state index contributed by atoms with van der Waals surface area (Å²) in [5, 5.41) is 3.18. The Bertz CT molecular complexity index is 531. The van der Waals surface area contributed by atoms with Crippen LogP contribution < -0.4 is 10.1 Å². The molecular formula is C16H19FN2O. The van der Waals surface area contributed by atoms with Gasteiger partial charge in [0.25, 0.3) is 0 Å². The lowest BCUT2D eigenvalue weighted by Gasteiger charge is -2.12. The molecule has 0 unspecified atom stereocenters. The maximum Gasteiger partial charge on any atom is 0.165 e. The van der Waals surface area contributed by atoms with Crippen LogP contribution in [0.2, 0.25) is 0 Å². The molecular weight excluding hydrogens is 255 g/mol. The standard InChI is InChI=1S/C16H19FN2O/c1-2-18-12-14-6-3-7-15(17)16(14)20-10-8-13-5-4-9-19-11-13/h3-7,9,11,18H,2,8,10,12H2,1H3. The van der Waals surface area contributed by atoms with E-state index in [1.54, 1.807) is 18.5 Å². The van der Waals surface area contributed by atoms with Crippen LogP contribution in [0, 0.1) is 5.82 Å². The van der Waals surface area contributed by atoms with Gasteiger partial charge in [-0.1, -0.05) is 25.1 Å². The minimum absolute atomic E-state index is 0.313. The van der Waals surface area contributed by atoms with Gasteiger partial charge >= 0.3 is 0 Å². The predicted octanol–water partition coefficient (Wildman–Crippen LogP) is 2.95. The summed E-state index contributed by atoms with van der Waals surface area (Å²) >= 11 is 0. The minimum atomic E-state index is -0.313. The smallest absolute Gasteiger partial charge is 0.165 e. The lowest BCUT2D eigenvalue weighted by Crippen LogP contribution is -2.14. The lowest BCUT2D eigenvalue weighted by molar-refractivity contribution is 0.301. The second-order valence-corrected chi connectivity index (χ2v) is 4.47. The van der Waals surface area contributed by atoms with Crippen molar-refractivity contribution < 1.29 is 9.13 Å². The van der Waals surface area contributed by atoms with Crippen LogP contribution >= 0.6 is 0 Å². The second-order valence-electron chi connectivity index (χ2n) is 4.47. The largest absolute Gasteiger partial charge is 0.490 e. The van der Waals surface area contributed by atoms with E-state index in [0.717, 1.165) is 17.7 Å². The van der Waals surface area contributed by atoms with Gasteiger partial charge in [-0.15, -0.1) is 0 Å². The van der Waals surface area contributed by atoms with Crippen molar-refractivity contribution in [1.82, 2.24) is 10.3 Å². The third kappa shape index (κ3) is 4.03. The van der Waals surface area contributed by atoms with Crippen LogP contribution in [0.5, 0.6) is 5.75 Å². The highest BCUT2D eigenvalue weighted by Gasteiger charge is 2.09. The van der Waals surface area contributed by atoms with Crippen molar-refractivity contribution in [2.45, 2.75) is 19.9 Å². The van der Waals surface area contributed by atoms with Gasteiger partial charge in [-0.2, -0.15) is 0 Å². The van der Waals surface area contributed by atoms with Crippen molar-refractivity contribution in [2.24, 2.45) is 0 Å². The number of nitrogens with zero attached hydrogens (tertiary/aromatic N) is 1. The van der Waals surface area contributed by atoms with E-state index >= 15 is 0 Å². The maximum atomic E-state index is 13.8. The molecule has 1 aromatic carbocycles. The first-order valence-corrected chi connectivity index (χ1v) is 6.81. The summed E-state index contributed by atoms with van der Waals surface area (Å²) in [7, 11) is 0. The summed E-state index contributed by atoms with van der Waals surface area (Å²) in [6, 6.07) is 8.88. The molecule has 0 bridgehead atoms. The molecule has 20 heavy (non-hydrogen) atoms. The molecule has 0 aliphatic heterocycles. The van der Waals surface area contributed by atoms with Crippen LogP contribution in [-0.4, -0.2) is 18.1 Å². The summed E-state index contributed by atoms with van der Waals surface area (Å²) in [6.45, 7) is 3.90. The highest BCUT2D eigenvalue weighted by molar-refractivity contribution is 5.35. The number of rotatable bonds is 7. The van der Waals surface area contributed by atoms with Crippen molar-refractivity contribution in [3.05, 3.63) is 59.7 Å². The molecule has 0 aliphatic carbocycles. The molecule has 1 N–H and O–H groups in total. The fourth-order valence-electron chi connectivity index (χ4n) is 1.93. The zero-order valence-corrected chi connectivity index (χ0v) is 11.6. The van der Waals surface area contributed by atoms with E-state index in [-0.39, 0.29) is 5.82 Å². The Morgan fingerprint density at radius 1 is 1.25 bits per heavy atom. The zero-order valence-electron chi connectivity index (χ0n) is 11.6. The quantitative estimate of drug-likeness (QED) is 0.843. The Balaban J connectivity index is 1.97. The third-order valence-corrected chi connectivity index (χ3v) is 2.97. The monoisotopic (exact) mass is 274 g/mol. The number of ether oxygens (including phenoxy) is 1. The molecule has 0 saturated carbocycles. The van der Waals surface area contributed by atoms with Gasteiger partial charge in [0.05, 0.1) is 6.61 Å². The number of benzene rings is 1. The van der Waals surface area contributed by atoms with E-state index in [2.05, 4.69) is 10.3 Å². The maximum absolute atomic E-state index is 13.8. The SMILES string of the molecule is CCNCc1cccc(F)c1OCCc1cccnc1. The van der Waals surface area contributed by atoms with Gasteiger partial charge in [0.1, 0.15) is 0 Å². The Morgan fingerprint density at radius 2 is 2.15 bits per heavy atom. The van der Waals surface area contributed by atoms with Crippen molar-refractivity contribution in [3.8, 4) is 5.75 Å². The molecule has 4 heteroatoms. The molecule has 0 aliphatic rings. The first kappa shape index (κ1) is 14.5. The molecule has 0 amide bonds. The molecule has 0 spiro atoms. The molecule has 106 valence electrons. The fraction of sp³-hybridized carbons (Fsp3) is 0.312. The van der Waals surface area contributed by atoms with E-state index in [4.69, 9.17) is 4.74 Å². The van der Waals surface area contributed by atoms with Crippen LogP contribution in [0.1, 0.15) is 18.1 Å². The summed E-state index contributed by atoms with van der Waals surface area (Å²) in [4.78, 5) is 4.05. The predicted molar refractivity (Wildman–Crippen MR) is 77.2 cm³/mol. The van der Waals surface area contributed by atoms with E-state index in [9.17, 15) is 4.39 Å². The van der Waals surface area contributed by atoms with Gasteiger partial charge < -0.3 is 10.1 Å². The molecule has 3 nitrogen and oxygen atoms in total. The number of pyridine rings is 1. The Kier molecular flexibility index (Phi) is 5.50. The van der Waals surface area contributed by atoms with Crippen LogP contribution in [0.15, 0.2) is 42.7 Å². The summed E-state index contributed by atoms with van der Waals surface area (Å²) in [5.74, 6) is 0.0314. The van der Waals surface area contributed by atoms with E-state index < -0.39 is 0 Å². The van der Waals surface area contributed by atoms with Crippen LogP contribution in [0.3, 0.4) is 0 Å². The Labute approximate surface area is 118 Å². The fourth-order valence-corrected chi connectivity index (χ4v) is 1.93. The average Bonchev–Trinajstić information content (AvgIpc) is 2.48. The van der Waals surface area contributed by atoms with E-state index in [0.29, 0.717) is 25.3 Å². The third-order valence-electron chi connectivity index (χ3n) is 2.97. The number of nitrogens with one attached hydrogen (secondary N) is 1. The highest BCUT2D eigenvalue weighted by Crippen LogP contribution is 2.22. The molecule has 0 radical (unpaired) electrons. The van der Waals surface area contributed by atoms with E-state index in [1.807, 2.05) is 25.1 Å². The molecule has 2 rings (SSSR count). The van der Waals surface area contributed by atoms with Crippen molar-refractivity contribution in [3.63, 3.8) is 0 Å². The first-order chi connectivity index (χ1) is 9.81. The van der Waals surface area contributed by atoms with E-state index in [1.165, 1.54) is 6.07 Å². The summed E-state index contributed by atoms with van der Waals surface area (Å²) in [5.41, 5.74) is 1.93. The number of para-hydroxylation sites is 1. The average molecular weight is 274 g/mol. The van der Waals surface area contributed by atoms with Gasteiger partial charge in [0.15, 0.2) is 11.6 Å². The molecule has 0 saturated heterocycles. The lowest BCUT2D eigenvalue weighted by atomic mass is 10.2. The topological polar surface area (TPSA) is 34.1 Å². The van der Waals surface area contributed by atoms with Gasteiger partial charge in [-0.25, -0.2) is 4.39 Å². The van der Waals surface area contributed by atoms with Crippen LogP contribution in [0.4, 0.5) is 4.39 Å². The van der Waals surface area contributed by atoms with Gasteiger partial charge in [-0.05, 0) is 24.2 Å². The van der Waals surface area contributed by atoms with Crippen molar-refractivity contribution >= 4 is 0 Å². The van der Waals surface area contributed by atoms with Gasteiger partial charge in [-0.3, -0.25) is 4.98 Å². The molecule has 1 aromatic heterocycles. The van der Waals surface area contributed by atoms with Crippen LogP contribution in [-0.2, 0) is 13.0 Å². The molecule has 0 atom stereocenters. The molecule has 1 heterocycles. The first-order valence-electron chi connectivity index (χ1n) is 6.81. The Morgan fingerprint density at radius 3 is 2.90 bits per heavy atom.